The van der Waals surface area contributed by atoms with E-state index in [1.807, 2.05) is 19.1 Å². The SMILES string of the molecule is COc1ncc(C=CC#N)cc1C. The quantitative estimate of drug-likeness (QED) is 0.643. The molecule has 0 saturated carbocycles. The molecule has 0 aromatic carbocycles. The van der Waals surface area contributed by atoms with E-state index >= 15 is 0 Å². The first-order valence-electron chi connectivity index (χ1n) is 3.84. The van der Waals surface area contributed by atoms with Crippen LogP contribution in [0.3, 0.4) is 0 Å². The molecule has 0 aliphatic heterocycles. The lowest BCUT2D eigenvalue weighted by Crippen LogP contribution is -1.91. The second-order valence-corrected chi connectivity index (χ2v) is 2.56. The van der Waals surface area contributed by atoms with Crippen LogP contribution in [0.4, 0.5) is 0 Å². The van der Waals surface area contributed by atoms with Crippen LogP contribution in [0.15, 0.2) is 18.3 Å². The van der Waals surface area contributed by atoms with E-state index in [1.54, 1.807) is 19.4 Å². The number of ether oxygens (including phenoxy) is 1. The van der Waals surface area contributed by atoms with Gasteiger partial charge in [-0.1, -0.05) is 0 Å². The Hall–Kier alpha value is -1.82. The van der Waals surface area contributed by atoms with Gasteiger partial charge in [-0.3, -0.25) is 0 Å². The van der Waals surface area contributed by atoms with Gasteiger partial charge in [-0.05, 0) is 24.6 Å². The molecular formula is C10H10N2O. The molecule has 0 bridgehead atoms. The fourth-order valence-electron chi connectivity index (χ4n) is 1.02. The molecule has 0 radical (unpaired) electrons. The van der Waals surface area contributed by atoms with Crippen LogP contribution >= 0.6 is 0 Å². The first kappa shape index (κ1) is 9.27. The van der Waals surface area contributed by atoms with Crippen molar-refractivity contribution in [2.24, 2.45) is 0 Å². The zero-order valence-electron chi connectivity index (χ0n) is 7.61. The molecule has 0 amide bonds. The molecule has 1 heterocycles. The number of aryl methyl sites for hydroxylation is 1. The van der Waals surface area contributed by atoms with Gasteiger partial charge < -0.3 is 4.74 Å². The molecule has 66 valence electrons. The second-order valence-electron chi connectivity index (χ2n) is 2.56. The third-order valence-corrected chi connectivity index (χ3v) is 1.60. The van der Waals surface area contributed by atoms with Crippen LogP contribution in [-0.2, 0) is 0 Å². The minimum Gasteiger partial charge on any atom is -0.481 e. The standard InChI is InChI=1S/C10H10N2O/c1-8-6-9(4-3-5-11)7-12-10(8)13-2/h3-4,6-7H,1-2H3. The van der Waals surface area contributed by atoms with Crippen LogP contribution in [0.5, 0.6) is 5.88 Å². The summed E-state index contributed by atoms with van der Waals surface area (Å²) in [5.74, 6) is 0.620. The Morgan fingerprint density at radius 2 is 2.38 bits per heavy atom. The van der Waals surface area contributed by atoms with Crippen LogP contribution in [0, 0.1) is 18.3 Å². The number of nitrogens with zero attached hydrogens (tertiary/aromatic N) is 2. The summed E-state index contributed by atoms with van der Waals surface area (Å²) in [7, 11) is 1.58. The Bertz CT molecular complexity index is 364. The highest BCUT2D eigenvalue weighted by atomic mass is 16.5. The Labute approximate surface area is 77.3 Å². The summed E-state index contributed by atoms with van der Waals surface area (Å²) in [6.45, 7) is 1.91. The van der Waals surface area contributed by atoms with Crippen LogP contribution in [-0.4, -0.2) is 12.1 Å². The van der Waals surface area contributed by atoms with Crippen LogP contribution in [0.2, 0.25) is 0 Å². The van der Waals surface area contributed by atoms with E-state index in [0.717, 1.165) is 11.1 Å². The molecule has 0 N–H and O–H groups in total. The fraction of sp³-hybridized carbons (Fsp3) is 0.200. The lowest BCUT2D eigenvalue weighted by molar-refractivity contribution is 0.394. The maximum Gasteiger partial charge on any atom is 0.215 e. The largest absolute Gasteiger partial charge is 0.481 e. The minimum atomic E-state index is 0.620. The van der Waals surface area contributed by atoms with Gasteiger partial charge in [0.1, 0.15) is 0 Å². The lowest BCUT2D eigenvalue weighted by atomic mass is 10.2. The van der Waals surface area contributed by atoms with Gasteiger partial charge in [0.2, 0.25) is 5.88 Å². The van der Waals surface area contributed by atoms with Crippen molar-refractivity contribution in [2.45, 2.75) is 6.92 Å². The highest BCUT2D eigenvalue weighted by Crippen LogP contribution is 2.15. The second kappa shape index (κ2) is 4.27. The van der Waals surface area contributed by atoms with Crippen molar-refractivity contribution >= 4 is 6.08 Å². The third kappa shape index (κ3) is 2.31. The zero-order valence-corrected chi connectivity index (χ0v) is 7.61. The van der Waals surface area contributed by atoms with Crippen molar-refractivity contribution in [1.82, 2.24) is 4.98 Å². The number of allylic oxidation sites excluding steroid dienone is 1. The monoisotopic (exact) mass is 174 g/mol. The van der Waals surface area contributed by atoms with Crippen molar-refractivity contribution in [3.8, 4) is 11.9 Å². The highest BCUT2D eigenvalue weighted by Gasteiger charge is 1.98. The molecule has 0 unspecified atom stereocenters. The Morgan fingerprint density at radius 3 is 2.92 bits per heavy atom. The van der Waals surface area contributed by atoms with Gasteiger partial charge in [0, 0.05) is 17.8 Å². The van der Waals surface area contributed by atoms with Gasteiger partial charge in [-0.2, -0.15) is 5.26 Å². The number of hydrogen-bond acceptors (Lipinski definition) is 3. The predicted molar refractivity (Wildman–Crippen MR) is 50.2 cm³/mol. The number of pyridine rings is 1. The number of aromatic nitrogens is 1. The van der Waals surface area contributed by atoms with Crippen molar-refractivity contribution in [2.75, 3.05) is 7.11 Å². The molecule has 0 saturated heterocycles. The van der Waals surface area contributed by atoms with Crippen molar-refractivity contribution in [3.63, 3.8) is 0 Å². The van der Waals surface area contributed by atoms with Crippen LogP contribution in [0.1, 0.15) is 11.1 Å². The molecule has 3 heteroatoms. The Balaban J connectivity index is 2.97. The van der Waals surface area contributed by atoms with Crippen molar-refractivity contribution in [1.29, 1.82) is 5.26 Å². The molecular weight excluding hydrogens is 164 g/mol. The predicted octanol–water partition coefficient (Wildman–Crippen LogP) is 1.94. The van der Waals surface area contributed by atoms with Gasteiger partial charge in [0.15, 0.2) is 0 Å². The summed E-state index contributed by atoms with van der Waals surface area (Å²) in [6, 6.07) is 3.84. The van der Waals surface area contributed by atoms with E-state index < -0.39 is 0 Å². The normalized spacial score (nSPS) is 9.92. The van der Waals surface area contributed by atoms with E-state index in [1.165, 1.54) is 6.08 Å². The summed E-state index contributed by atoms with van der Waals surface area (Å²) in [6.07, 6.45) is 4.79. The third-order valence-electron chi connectivity index (χ3n) is 1.60. The number of methoxy groups -OCH3 is 1. The van der Waals surface area contributed by atoms with Gasteiger partial charge in [-0.25, -0.2) is 4.98 Å². The summed E-state index contributed by atoms with van der Waals surface area (Å²) >= 11 is 0. The van der Waals surface area contributed by atoms with E-state index in [-0.39, 0.29) is 0 Å². The van der Waals surface area contributed by atoms with Crippen molar-refractivity contribution in [3.05, 3.63) is 29.5 Å². The first-order chi connectivity index (χ1) is 6.27. The first-order valence-corrected chi connectivity index (χ1v) is 3.84. The van der Waals surface area contributed by atoms with Crippen molar-refractivity contribution < 1.29 is 4.74 Å². The molecule has 13 heavy (non-hydrogen) atoms. The van der Waals surface area contributed by atoms with Crippen LogP contribution in [0.25, 0.3) is 6.08 Å². The van der Waals surface area contributed by atoms with Gasteiger partial charge in [0.05, 0.1) is 13.2 Å². The molecule has 0 aliphatic rings. The number of rotatable bonds is 2. The molecule has 0 spiro atoms. The molecule has 1 aromatic heterocycles. The molecule has 1 rings (SSSR count). The van der Waals surface area contributed by atoms with E-state index in [0.29, 0.717) is 5.88 Å². The minimum absolute atomic E-state index is 0.620. The maximum atomic E-state index is 8.32. The van der Waals surface area contributed by atoms with Gasteiger partial charge in [0.25, 0.3) is 0 Å². The summed E-state index contributed by atoms with van der Waals surface area (Å²) in [5, 5.41) is 8.32. The smallest absolute Gasteiger partial charge is 0.215 e. The zero-order chi connectivity index (χ0) is 9.68. The maximum absolute atomic E-state index is 8.32. The van der Waals surface area contributed by atoms with E-state index in [4.69, 9.17) is 10.00 Å². The summed E-state index contributed by atoms with van der Waals surface area (Å²) in [4.78, 5) is 4.07. The Morgan fingerprint density at radius 1 is 1.62 bits per heavy atom. The van der Waals surface area contributed by atoms with Gasteiger partial charge in [-0.15, -0.1) is 0 Å². The van der Waals surface area contributed by atoms with E-state index in [9.17, 15) is 0 Å². The number of hydrogen-bond donors (Lipinski definition) is 0. The average molecular weight is 174 g/mol. The Kier molecular flexibility index (Phi) is 3.04. The molecule has 1 aromatic rings. The lowest BCUT2D eigenvalue weighted by Gasteiger charge is -2.02. The topological polar surface area (TPSA) is 45.9 Å². The van der Waals surface area contributed by atoms with Crippen LogP contribution < -0.4 is 4.74 Å². The molecule has 0 aliphatic carbocycles. The molecule has 0 atom stereocenters. The van der Waals surface area contributed by atoms with Gasteiger partial charge >= 0.3 is 0 Å². The summed E-state index contributed by atoms with van der Waals surface area (Å²) < 4.78 is 5.00. The molecule has 3 nitrogen and oxygen atoms in total. The van der Waals surface area contributed by atoms with E-state index in [2.05, 4.69) is 4.98 Å². The summed E-state index contributed by atoms with van der Waals surface area (Å²) in [5.41, 5.74) is 1.86. The highest BCUT2D eigenvalue weighted by molar-refractivity contribution is 5.52. The fourth-order valence-corrected chi connectivity index (χ4v) is 1.02. The average Bonchev–Trinajstić information content (AvgIpc) is 2.15. The number of nitriles is 1. The molecule has 0 fully saturated rings.